The summed E-state index contributed by atoms with van der Waals surface area (Å²) in [7, 11) is 2.92. The van der Waals surface area contributed by atoms with Crippen LogP contribution in [0.15, 0.2) is 24.8 Å². The van der Waals surface area contributed by atoms with Gasteiger partial charge in [-0.2, -0.15) is 4.98 Å². The maximum Gasteiger partial charge on any atom is 0.269 e. The Kier molecular flexibility index (Phi) is 5.83. The zero-order valence-corrected chi connectivity index (χ0v) is 20.2. The van der Waals surface area contributed by atoms with Crippen LogP contribution in [0.3, 0.4) is 0 Å². The molecular weight excluding hydrogens is 488 g/mol. The number of fused-ring (bicyclic) bond motifs is 2. The molecule has 14 heteroatoms. The largest absolute Gasteiger partial charge is 0.479 e. The summed E-state index contributed by atoms with van der Waals surface area (Å²) in [5.41, 5.74) is 1.04. The second kappa shape index (κ2) is 9.19. The van der Waals surface area contributed by atoms with E-state index in [4.69, 9.17) is 9.47 Å². The van der Waals surface area contributed by atoms with E-state index in [0.717, 1.165) is 6.54 Å². The third kappa shape index (κ3) is 4.01. The number of likely N-dealkylation sites (tertiary alicyclic amines) is 1. The molecule has 2 N–H and O–H groups in total. The molecule has 0 radical (unpaired) electrons. The normalized spacial score (nSPS) is 20.8. The topological polar surface area (TPSA) is 123 Å². The van der Waals surface area contributed by atoms with E-state index in [2.05, 4.69) is 35.6 Å². The molecule has 37 heavy (non-hydrogen) atoms. The molecule has 0 bridgehead atoms. The summed E-state index contributed by atoms with van der Waals surface area (Å²) in [5.74, 6) is -0.426. The van der Waals surface area contributed by atoms with E-state index in [9.17, 15) is 9.18 Å². The summed E-state index contributed by atoms with van der Waals surface area (Å²) in [4.78, 5) is 27.1. The van der Waals surface area contributed by atoms with Crippen molar-refractivity contribution in [2.24, 2.45) is 0 Å². The molecule has 2 fully saturated rings. The van der Waals surface area contributed by atoms with Crippen molar-refractivity contribution in [3.8, 4) is 17.0 Å². The number of aromatic nitrogens is 6. The van der Waals surface area contributed by atoms with Crippen molar-refractivity contribution in [2.45, 2.75) is 24.7 Å². The number of imidazole rings is 1. The number of nitrogens with zero attached hydrogens (tertiary/aromatic N) is 7. The van der Waals surface area contributed by atoms with Gasteiger partial charge in [0.05, 0.1) is 50.4 Å². The number of nitrogens with one attached hydrogen (secondary N) is 2. The minimum absolute atomic E-state index is 0.105. The van der Waals surface area contributed by atoms with Gasteiger partial charge in [0.25, 0.3) is 5.91 Å². The van der Waals surface area contributed by atoms with Crippen LogP contribution in [0.4, 0.5) is 14.7 Å². The molecule has 0 unspecified atom stereocenters. The number of alkyl halides is 1. The van der Waals surface area contributed by atoms with Crippen LogP contribution in [-0.4, -0.2) is 98.5 Å². The first kappa shape index (κ1) is 23.5. The molecule has 0 aromatic carbocycles. The number of hydrogen-bond donors (Lipinski definition) is 2. The van der Waals surface area contributed by atoms with Crippen molar-refractivity contribution in [2.75, 3.05) is 45.8 Å². The van der Waals surface area contributed by atoms with Gasteiger partial charge in [-0.05, 0) is 6.42 Å². The van der Waals surface area contributed by atoms with E-state index in [1.807, 2.05) is 0 Å². The molecule has 2 aliphatic heterocycles. The maximum absolute atomic E-state index is 15.3. The highest BCUT2D eigenvalue weighted by atomic mass is 19.1. The number of amides is 1. The highest BCUT2D eigenvalue weighted by Gasteiger charge is 2.36. The Balaban J connectivity index is 1.33. The number of rotatable bonds is 6. The predicted octanol–water partition coefficient (Wildman–Crippen LogP) is 1.17. The monoisotopic (exact) mass is 513 g/mol. The van der Waals surface area contributed by atoms with Crippen molar-refractivity contribution in [3.63, 3.8) is 0 Å². The molecule has 4 aromatic heterocycles. The van der Waals surface area contributed by atoms with E-state index in [0.29, 0.717) is 31.7 Å². The number of ether oxygens (including phenoxy) is 2. The van der Waals surface area contributed by atoms with Gasteiger partial charge in [-0.1, -0.05) is 0 Å². The van der Waals surface area contributed by atoms with E-state index >= 15 is 4.39 Å². The van der Waals surface area contributed by atoms with Gasteiger partial charge in [0.1, 0.15) is 17.4 Å². The number of methoxy groups -OCH3 is 1. The lowest BCUT2D eigenvalue weighted by Gasteiger charge is -2.42. The summed E-state index contributed by atoms with van der Waals surface area (Å²) >= 11 is 0. The number of carbonyl (C=O) groups excluding carboxylic acids is 1. The zero-order valence-electron chi connectivity index (χ0n) is 20.2. The molecule has 12 nitrogen and oxygen atoms in total. The quantitative estimate of drug-likeness (QED) is 0.391. The highest BCUT2D eigenvalue weighted by molar-refractivity contribution is 5.93. The second-order valence-electron chi connectivity index (χ2n) is 9.07. The van der Waals surface area contributed by atoms with Gasteiger partial charge in [0.15, 0.2) is 5.82 Å². The predicted molar refractivity (Wildman–Crippen MR) is 128 cm³/mol. The van der Waals surface area contributed by atoms with E-state index in [1.54, 1.807) is 6.20 Å². The van der Waals surface area contributed by atoms with Crippen LogP contribution < -0.4 is 15.4 Å². The van der Waals surface area contributed by atoms with Crippen LogP contribution in [0, 0.1) is 5.82 Å². The Morgan fingerprint density at radius 3 is 2.76 bits per heavy atom. The van der Waals surface area contributed by atoms with Crippen LogP contribution in [-0.2, 0) is 4.74 Å². The standard InChI is InChI=1S/C23H25F2N9O3/c1-26-20(35)17-6-28-23-27-5-12(7-33(17)23)18-15(25)9-34-19(18)21(36-2)30-22(31-34)29-16-3-4-32(8-14(16)24)13-10-37-11-13/h5-7,9,13-14,16H,3-4,8,10-11H2,1-2H3,(H,26,35)(H,29,31)/t14-,16-/m0/s1. The van der Waals surface area contributed by atoms with Gasteiger partial charge in [-0.3, -0.25) is 14.1 Å². The Morgan fingerprint density at radius 2 is 2.05 bits per heavy atom. The van der Waals surface area contributed by atoms with Crippen molar-refractivity contribution >= 4 is 23.1 Å². The Hall–Kier alpha value is -3.91. The SMILES string of the molecule is CNC(=O)c1cnc2ncc(-c3c(F)cn4nc(N[C@H]5CCN(C6COC6)C[C@@H]5F)nc(OC)c34)cn12. The summed E-state index contributed by atoms with van der Waals surface area (Å²) < 4.78 is 43.8. The van der Waals surface area contributed by atoms with E-state index < -0.39 is 18.0 Å². The molecule has 6 rings (SSSR count). The number of anilines is 1. The number of carbonyl (C=O) groups is 1. The number of piperidine rings is 1. The second-order valence-corrected chi connectivity index (χ2v) is 9.07. The fourth-order valence-corrected chi connectivity index (χ4v) is 4.82. The molecular formula is C23H25F2N9O3. The van der Waals surface area contributed by atoms with E-state index in [-0.39, 0.29) is 46.3 Å². The smallest absolute Gasteiger partial charge is 0.269 e. The molecule has 2 aliphatic rings. The van der Waals surface area contributed by atoms with Crippen LogP contribution >= 0.6 is 0 Å². The Bertz CT molecular complexity index is 1490. The molecule has 0 spiro atoms. The minimum Gasteiger partial charge on any atom is -0.479 e. The average Bonchev–Trinajstić information content (AvgIpc) is 3.43. The Morgan fingerprint density at radius 1 is 1.24 bits per heavy atom. The van der Waals surface area contributed by atoms with Gasteiger partial charge in [0.2, 0.25) is 17.6 Å². The first-order valence-electron chi connectivity index (χ1n) is 11.9. The van der Waals surface area contributed by atoms with Gasteiger partial charge in [0, 0.05) is 38.1 Å². The van der Waals surface area contributed by atoms with Crippen LogP contribution in [0.1, 0.15) is 16.9 Å². The summed E-state index contributed by atoms with van der Waals surface area (Å²) in [6.07, 6.45) is 5.05. The number of hydrogen-bond acceptors (Lipinski definition) is 9. The van der Waals surface area contributed by atoms with Crippen LogP contribution in [0.2, 0.25) is 0 Å². The molecule has 0 aliphatic carbocycles. The van der Waals surface area contributed by atoms with E-state index in [1.165, 1.54) is 41.7 Å². The lowest BCUT2D eigenvalue weighted by molar-refractivity contribution is -0.0794. The van der Waals surface area contributed by atoms with Gasteiger partial charge < -0.3 is 20.1 Å². The Labute approximate surface area is 209 Å². The summed E-state index contributed by atoms with van der Waals surface area (Å²) in [6.45, 7) is 2.31. The van der Waals surface area contributed by atoms with Crippen LogP contribution in [0.5, 0.6) is 5.88 Å². The average molecular weight is 514 g/mol. The van der Waals surface area contributed by atoms with Gasteiger partial charge >= 0.3 is 0 Å². The third-order valence-corrected chi connectivity index (χ3v) is 6.88. The fraction of sp³-hybridized carbons (Fsp3) is 0.435. The molecule has 194 valence electrons. The molecule has 2 saturated heterocycles. The van der Waals surface area contributed by atoms with Gasteiger partial charge in [-0.15, -0.1) is 5.10 Å². The number of halogens is 2. The minimum atomic E-state index is -1.13. The van der Waals surface area contributed by atoms with Crippen molar-refractivity contribution in [1.29, 1.82) is 0 Å². The molecule has 2 atom stereocenters. The lowest BCUT2D eigenvalue weighted by Crippen LogP contribution is -2.57. The summed E-state index contributed by atoms with van der Waals surface area (Å²) in [6, 6.07) is -0.216. The molecule has 1 amide bonds. The molecule has 4 aromatic rings. The zero-order chi connectivity index (χ0) is 25.7. The first-order chi connectivity index (χ1) is 18.0. The molecule has 0 saturated carbocycles. The first-order valence-corrected chi connectivity index (χ1v) is 11.9. The van der Waals surface area contributed by atoms with Gasteiger partial charge in [-0.25, -0.2) is 23.3 Å². The van der Waals surface area contributed by atoms with Crippen molar-refractivity contribution < 1.29 is 23.0 Å². The maximum atomic E-state index is 15.3. The molecule has 6 heterocycles. The lowest BCUT2D eigenvalue weighted by atomic mass is 10.0. The van der Waals surface area contributed by atoms with Crippen molar-refractivity contribution in [3.05, 3.63) is 36.3 Å². The van der Waals surface area contributed by atoms with Crippen molar-refractivity contribution in [1.82, 2.24) is 39.2 Å². The summed E-state index contributed by atoms with van der Waals surface area (Å²) in [5, 5.41) is 9.99. The van der Waals surface area contributed by atoms with Crippen LogP contribution in [0.25, 0.3) is 22.4 Å². The fourth-order valence-electron chi connectivity index (χ4n) is 4.82. The third-order valence-electron chi connectivity index (χ3n) is 6.88. The highest BCUT2D eigenvalue weighted by Crippen LogP contribution is 2.34.